The Morgan fingerprint density at radius 2 is 1.83 bits per heavy atom. The number of ether oxygens (including phenoxy) is 2. The van der Waals surface area contributed by atoms with Crippen LogP contribution >= 0.6 is 0 Å². The lowest BCUT2D eigenvalue weighted by Gasteiger charge is -2.06. The summed E-state index contributed by atoms with van der Waals surface area (Å²) in [5, 5.41) is 7.34. The standard InChI is InChI=1S/C19H19N5O4S/c1-29(25,26)23-15-7-5-6-14(12-15)19-20-17-13-18(21-24(17)22-19)28-11-10-27-16-8-3-2-4-9-16/h2-9,12-13,23H,10-11H2,1H3,(H,20,22). The molecule has 0 saturated carbocycles. The normalized spacial score (nSPS) is 11.5. The van der Waals surface area contributed by atoms with E-state index < -0.39 is 10.0 Å². The zero-order valence-electron chi connectivity index (χ0n) is 15.6. The van der Waals surface area contributed by atoms with Crippen LogP contribution in [0.1, 0.15) is 0 Å². The minimum Gasteiger partial charge on any atom is -0.490 e. The number of nitrogens with one attached hydrogen (secondary N) is 2. The van der Waals surface area contributed by atoms with Crippen LogP contribution in [0.3, 0.4) is 0 Å². The summed E-state index contributed by atoms with van der Waals surface area (Å²) < 4.78 is 37.9. The third kappa shape index (κ3) is 4.85. The molecule has 2 aromatic carbocycles. The van der Waals surface area contributed by atoms with Crippen LogP contribution in [0, 0.1) is 0 Å². The van der Waals surface area contributed by atoms with Crippen LogP contribution in [0.15, 0.2) is 60.7 Å². The summed E-state index contributed by atoms with van der Waals surface area (Å²) in [6, 6.07) is 18.1. The van der Waals surface area contributed by atoms with E-state index in [4.69, 9.17) is 9.47 Å². The molecule has 2 aromatic heterocycles. The van der Waals surface area contributed by atoms with Crippen molar-refractivity contribution >= 4 is 21.4 Å². The Labute approximate surface area is 167 Å². The number of sulfonamides is 1. The Bertz CT molecular complexity index is 1190. The van der Waals surface area contributed by atoms with Crippen molar-refractivity contribution in [2.45, 2.75) is 0 Å². The van der Waals surface area contributed by atoms with E-state index >= 15 is 0 Å². The first-order valence-electron chi connectivity index (χ1n) is 8.81. The molecule has 0 fully saturated rings. The van der Waals surface area contributed by atoms with Crippen molar-refractivity contribution in [3.63, 3.8) is 0 Å². The molecule has 0 spiro atoms. The number of hydrogen-bond acceptors (Lipinski definition) is 6. The zero-order valence-corrected chi connectivity index (χ0v) is 16.4. The van der Waals surface area contributed by atoms with E-state index in [-0.39, 0.29) is 0 Å². The topological polar surface area (TPSA) is 111 Å². The monoisotopic (exact) mass is 413 g/mol. The van der Waals surface area contributed by atoms with E-state index in [0.29, 0.717) is 36.3 Å². The third-order valence-corrected chi connectivity index (χ3v) is 4.50. The SMILES string of the molecule is CS(=O)(=O)Nc1cccc(-c2nc3cc(OCCOc4ccccc4)nn3[nH]2)c1. The second-order valence-electron chi connectivity index (χ2n) is 6.29. The van der Waals surface area contributed by atoms with E-state index in [1.807, 2.05) is 36.4 Å². The number of benzene rings is 2. The van der Waals surface area contributed by atoms with Gasteiger partial charge < -0.3 is 9.47 Å². The molecule has 4 rings (SSSR count). The van der Waals surface area contributed by atoms with E-state index in [2.05, 4.69) is 19.9 Å². The fourth-order valence-electron chi connectivity index (χ4n) is 2.72. The number of H-pyrrole nitrogens is 1. The molecule has 0 bridgehead atoms. The molecule has 10 heteroatoms. The first kappa shape index (κ1) is 18.8. The molecule has 2 N–H and O–H groups in total. The molecule has 4 aromatic rings. The number of fused-ring (bicyclic) bond motifs is 1. The van der Waals surface area contributed by atoms with Gasteiger partial charge in [0.1, 0.15) is 19.0 Å². The molecule has 2 heterocycles. The number of rotatable bonds is 8. The van der Waals surface area contributed by atoms with Gasteiger partial charge in [0.05, 0.1) is 6.26 Å². The summed E-state index contributed by atoms with van der Waals surface area (Å²) in [7, 11) is -3.35. The molecule has 0 aliphatic carbocycles. The predicted octanol–water partition coefficient (Wildman–Crippen LogP) is 2.55. The molecule has 0 aliphatic heterocycles. The summed E-state index contributed by atoms with van der Waals surface area (Å²) in [5.41, 5.74) is 1.77. The van der Waals surface area contributed by atoms with Gasteiger partial charge in [-0.2, -0.15) is 4.63 Å². The third-order valence-electron chi connectivity index (χ3n) is 3.89. The Balaban J connectivity index is 1.40. The highest BCUT2D eigenvalue weighted by Crippen LogP contribution is 2.22. The van der Waals surface area contributed by atoms with Gasteiger partial charge in [-0.15, -0.1) is 5.10 Å². The molecule has 0 radical (unpaired) electrons. The largest absolute Gasteiger partial charge is 0.490 e. The van der Waals surface area contributed by atoms with Crippen molar-refractivity contribution in [1.29, 1.82) is 0 Å². The van der Waals surface area contributed by atoms with Crippen molar-refractivity contribution in [1.82, 2.24) is 19.8 Å². The number of hydrogen-bond donors (Lipinski definition) is 2. The Hall–Kier alpha value is -3.53. The van der Waals surface area contributed by atoms with Crippen molar-refractivity contribution < 1.29 is 17.9 Å². The van der Waals surface area contributed by atoms with Crippen LogP contribution in [-0.2, 0) is 10.0 Å². The van der Waals surface area contributed by atoms with Gasteiger partial charge in [0, 0.05) is 17.3 Å². The van der Waals surface area contributed by atoms with Crippen molar-refractivity contribution in [3.05, 3.63) is 60.7 Å². The van der Waals surface area contributed by atoms with E-state index in [1.54, 1.807) is 24.3 Å². The number of anilines is 1. The molecule has 150 valence electrons. The highest BCUT2D eigenvalue weighted by atomic mass is 32.2. The van der Waals surface area contributed by atoms with Crippen molar-refractivity contribution in [2.24, 2.45) is 0 Å². The maximum Gasteiger partial charge on any atom is 0.237 e. The smallest absolute Gasteiger partial charge is 0.237 e. The number of nitrogens with zero attached hydrogens (tertiary/aromatic N) is 3. The Kier molecular flexibility index (Phi) is 5.09. The second-order valence-corrected chi connectivity index (χ2v) is 8.04. The molecule has 0 aliphatic rings. The molecule has 0 saturated heterocycles. The summed E-state index contributed by atoms with van der Waals surface area (Å²) in [5.74, 6) is 1.77. The van der Waals surface area contributed by atoms with Crippen molar-refractivity contribution in [3.8, 4) is 23.0 Å². The van der Waals surface area contributed by atoms with Crippen LogP contribution < -0.4 is 14.2 Å². The highest BCUT2D eigenvalue weighted by molar-refractivity contribution is 7.92. The molecular weight excluding hydrogens is 394 g/mol. The maximum absolute atomic E-state index is 11.4. The molecule has 0 amide bonds. The summed E-state index contributed by atoms with van der Waals surface area (Å²) in [6.45, 7) is 0.745. The van der Waals surface area contributed by atoms with Gasteiger partial charge in [-0.05, 0) is 24.3 Å². The van der Waals surface area contributed by atoms with E-state index in [1.165, 1.54) is 4.63 Å². The zero-order chi connectivity index (χ0) is 20.3. The van der Waals surface area contributed by atoms with Gasteiger partial charge in [0.25, 0.3) is 0 Å². The summed E-state index contributed by atoms with van der Waals surface area (Å²) >= 11 is 0. The Morgan fingerprint density at radius 1 is 1.03 bits per heavy atom. The minimum absolute atomic E-state index is 0.348. The quantitative estimate of drug-likeness (QED) is 0.430. The van der Waals surface area contributed by atoms with Gasteiger partial charge in [-0.3, -0.25) is 9.82 Å². The van der Waals surface area contributed by atoms with Gasteiger partial charge in [0.15, 0.2) is 11.5 Å². The van der Waals surface area contributed by atoms with Gasteiger partial charge in [0.2, 0.25) is 15.9 Å². The molecule has 29 heavy (non-hydrogen) atoms. The predicted molar refractivity (Wildman–Crippen MR) is 109 cm³/mol. The van der Waals surface area contributed by atoms with Crippen LogP contribution in [0.2, 0.25) is 0 Å². The summed E-state index contributed by atoms with van der Waals surface area (Å²) in [4.78, 5) is 4.47. The average molecular weight is 413 g/mol. The fourth-order valence-corrected chi connectivity index (χ4v) is 3.27. The van der Waals surface area contributed by atoms with Crippen LogP contribution in [0.5, 0.6) is 11.6 Å². The van der Waals surface area contributed by atoms with Gasteiger partial charge in [-0.1, -0.05) is 30.3 Å². The second kappa shape index (κ2) is 7.84. The molecule has 0 unspecified atom stereocenters. The van der Waals surface area contributed by atoms with Crippen LogP contribution in [0.25, 0.3) is 17.0 Å². The molecule has 0 atom stereocenters. The number of aromatic amines is 1. The lowest BCUT2D eigenvalue weighted by atomic mass is 10.2. The average Bonchev–Trinajstić information content (AvgIpc) is 3.24. The first-order valence-corrected chi connectivity index (χ1v) is 10.7. The summed E-state index contributed by atoms with van der Waals surface area (Å²) in [6.07, 6.45) is 1.10. The number of aromatic nitrogens is 4. The van der Waals surface area contributed by atoms with Crippen LogP contribution in [-0.4, -0.2) is 47.7 Å². The maximum atomic E-state index is 11.4. The van der Waals surface area contributed by atoms with Crippen LogP contribution in [0.4, 0.5) is 5.69 Å². The molecular formula is C19H19N5O4S. The van der Waals surface area contributed by atoms with Crippen molar-refractivity contribution in [2.75, 3.05) is 24.2 Å². The minimum atomic E-state index is -3.35. The first-order chi connectivity index (χ1) is 14.0. The molecule has 9 nitrogen and oxygen atoms in total. The number of para-hydroxylation sites is 1. The highest BCUT2D eigenvalue weighted by Gasteiger charge is 2.11. The van der Waals surface area contributed by atoms with Gasteiger partial charge in [-0.25, -0.2) is 13.4 Å². The van der Waals surface area contributed by atoms with Gasteiger partial charge >= 0.3 is 0 Å². The Morgan fingerprint density at radius 3 is 2.59 bits per heavy atom. The van der Waals surface area contributed by atoms with E-state index in [0.717, 1.165) is 17.6 Å². The lowest BCUT2D eigenvalue weighted by molar-refractivity contribution is 0.211. The van der Waals surface area contributed by atoms with E-state index in [9.17, 15) is 8.42 Å². The fraction of sp³-hybridized carbons (Fsp3) is 0.158. The lowest BCUT2D eigenvalue weighted by Crippen LogP contribution is -2.09.